The molecule has 6 heteroatoms. The molecule has 2 aromatic carbocycles. The fourth-order valence-corrected chi connectivity index (χ4v) is 2.14. The summed E-state index contributed by atoms with van der Waals surface area (Å²) in [4.78, 5) is 21.9. The van der Waals surface area contributed by atoms with Crippen molar-refractivity contribution in [2.24, 2.45) is 0 Å². The molecule has 0 fully saturated rings. The number of ether oxygens (including phenoxy) is 3. The first kappa shape index (κ1) is 21.0. The molecule has 2 aromatic rings. The van der Waals surface area contributed by atoms with Gasteiger partial charge in [-0.2, -0.15) is 0 Å². The van der Waals surface area contributed by atoms with E-state index >= 15 is 0 Å². The highest BCUT2D eigenvalue weighted by molar-refractivity contribution is 5.90. The van der Waals surface area contributed by atoms with Crippen molar-refractivity contribution in [1.29, 1.82) is 0 Å². The summed E-state index contributed by atoms with van der Waals surface area (Å²) in [7, 11) is 3.15. The number of carbonyl (C=O) groups excluding carboxylic acids is 1. The van der Waals surface area contributed by atoms with Gasteiger partial charge in [0.25, 0.3) is 0 Å². The molecule has 0 bridgehead atoms. The number of esters is 1. The van der Waals surface area contributed by atoms with E-state index in [4.69, 9.17) is 19.3 Å². The molecule has 0 aromatic heterocycles. The maximum Gasteiger partial charge on any atom is 0.338 e. The largest absolute Gasteiger partial charge is 0.497 e. The van der Waals surface area contributed by atoms with Crippen molar-refractivity contribution in [3.8, 4) is 11.5 Å². The zero-order valence-electron chi connectivity index (χ0n) is 15.4. The predicted molar refractivity (Wildman–Crippen MR) is 98.3 cm³/mol. The van der Waals surface area contributed by atoms with Crippen molar-refractivity contribution in [3.05, 3.63) is 59.2 Å². The molecule has 0 radical (unpaired) electrons. The number of carbonyl (C=O) groups is 2. The van der Waals surface area contributed by atoms with Crippen LogP contribution in [0.15, 0.2) is 42.5 Å². The smallest absolute Gasteiger partial charge is 0.338 e. The second kappa shape index (κ2) is 10.8. The summed E-state index contributed by atoms with van der Waals surface area (Å²) in [6.45, 7) is 4.09. The normalized spacial score (nSPS) is 9.54. The van der Waals surface area contributed by atoms with Crippen LogP contribution >= 0.6 is 0 Å². The lowest BCUT2D eigenvalue weighted by Gasteiger charge is -2.05. The highest BCUT2D eigenvalue weighted by Gasteiger charge is 2.08. The number of methoxy groups -OCH3 is 2. The van der Waals surface area contributed by atoms with Gasteiger partial charge >= 0.3 is 11.9 Å². The average molecular weight is 360 g/mol. The number of hydrogen-bond donors (Lipinski definition) is 1. The van der Waals surface area contributed by atoms with E-state index in [2.05, 4.69) is 0 Å². The van der Waals surface area contributed by atoms with Gasteiger partial charge in [0.2, 0.25) is 0 Å². The monoisotopic (exact) mass is 360 g/mol. The molecule has 0 saturated carbocycles. The minimum Gasteiger partial charge on any atom is -0.497 e. The molecule has 0 saturated heterocycles. The second-order valence-electron chi connectivity index (χ2n) is 5.13. The van der Waals surface area contributed by atoms with E-state index in [1.807, 2.05) is 6.92 Å². The van der Waals surface area contributed by atoms with Gasteiger partial charge in [0.05, 0.1) is 32.0 Å². The standard InChI is InChI=1S/2C10H12O3/c1-3-13-10(11)8-4-6-9(12-2)7-5-8;1-3-7-6-8(13-2)4-5-9(7)10(11)12/h4-7H,3H2,1-2H3;4-6H,3H2,1-2H3,(H,11,12). The summed E-state index contributed by atoms with van der Waals surface area (Å²) in [5.41, 5.74) is 1.69. The van der Waals surface area contributed by atoms with Crippen LogP contribution < -0.4 is 9.47 Å². The quantitative estimate of drug-likeness (QED) is 0.789. The lowest BCUT2D eigenvalue weighted by Crippen LogP contribution is -2.03. The molecule has 0 spiro atoms. The summed E-state index contributed by atoms with van der Waals surface area (Å²) in [5, 5.41) is 8.82. The van der Waals surface area contributed by atoms with Gasteiger partial charge in [-0.3, -0.25) is 0 Å². The minimum atomic E-state index is -0.889. The fourth-order valence-electron chi connectivity index (χ4n) is 2.14. The molecule has 6 nitrogen and oxygen atoms in total. The minimum absolute atomic E-state index is 0.301. The van der Waals surface area contributed by atoms with Gasteiger partial charge in [0.1, 0.15) is 11.5 Å². The first-order valence-electron chi connectivity index (χ1n) is 8.18. The Morgan fingerprint density at radius 2 is 1.50 bits per heavy atom. The summed E-state index contributed by atoms with van der Waals surface area (Å²) in [6, 6.07) is 11.8. The van der Waals surface area contributed by atoms with Crippen LogP contribution in [0.25, 0.3) is 0 Å². The van der Waals surface area contributed by atoms with E-state index in [9.17, 15) is 9.59 Å². The van der Waals surface area contributed by atoms with E-state index in [1.165, 1.54) is 0 Å². The summed E-state index contributed by atoms with van der Waals surface area (Å²) >= 11 is 0. The maximum absolute atomic E-state index is 11.2. The van der Waals surface area contributed by atoms with E-state index < -0.39 is 5.97 Å². The Labute approximate surface area is 153 Å². The van der Waals surface area contributed by atoms with Crippen molar-refractivity contribution < 1.29 is 28.9 Å². The third-order valence-electron chi connectivity index (χ3n) is 3.52. The summed E-state index contributed by atoms with van der Waals surface area (Å²) in [5.74, 6) is 0.236. The third-order valence-corrected chi connectivity index (χ3v) is 3.52. The van der Waals surface area contributed by atoms with Crippen molar-refractivity contribution in [3.63, 3.8) is 0 Å². The van der Waals surface area contributed by atoms with Gasteiger partial charge in [0.15, 0.2) is 0 Å². The van der Waals surface area contributed by atoms with Gasteiger partial charge in [-0.1, -0.05) is 6.92 Å². The lowest BCUT2D eigenvalue weighted by atomic mass is 10.1. The van der Waals surface area contributed by atoms with Crippen LogP contribution in [0.3, 0.4) is 0 Å². The maximum atomic E-state index is 11.2. The molecule has 0 aliphatic rings. The van der Waals surface area contributed by atoms with Crippen LogP contribution in [0.5, 0.6) is 11.5 Å². The highest BCUT2D eigenvalue weighted by Crippen LogP contribution is 2.18. The van der Waals surface area contributed by atoms with Crippen LogP contribution in [0.1, 0.15) is 40.1 Å². The van der Waals surface area contributed by atoms with Crippen molar-refractivity contribution in [1.82, 2.24) is 0 Å². The molecule has 26 heavy (non-hydrogen) atoms. The van der Waals surface area contributed by atoms with Crippen molar-refractivity contribution in [2.75, 3.05) is 20.8 Å². The molecular weight excluding hydrogens is 336 g/mol. The van der Waals surface area contributed by atoms with Gasteiger partial charge in [-0.25, -0.2) is 9.59 Å². The van der Waals surface area contributed by atoms with E-state index in [-0.39, 0.29) is 5.97 Å². The molecule has 0 unspecified atom stereocenters. The van der Waals surface area contributed by atoms with Gasteiger partial charge in [-0.15, -0.1) is 0 Å². The molecule has 140 valence electrons. The Bertz CT molecular complexity index is 722. The number of rotatable bonds is 6. The Balaban J connectivity index is 0.000000260. The summed E-state index contributed by atoms with van der Waals surface area (Å²) in [6.07, 6.45) is 0.693. The van der Waals surface area contributed by atoms with Crippen LogP contribution in [0.4, 0.5) is 0 Å². The Kier molecular flexibility index (Phi) is 8.70. The number of carboxylic acids is 1. The SMILES string of the molecule is CCOC(=O)c1ccc(OC)cc1.CCc1cc(OC)ccc1C(=O)O. The fraction of sp³-hybridized carbons (Fsp3) is 0.300. The molecule has 2 rings (SSSR count). The molecule has 0 heterocycles. The number of aromatic carboxylic acids is 1. The zero-order chi connectivity index (χ0) is 19.5. The van der Waals surface area contributed by atoms with Gasteiger partial charge in [0, 0.05) is 0 Å². The molecular formula is C20H24O6. The molecule has 1 N–H and O–H groups in total. The number of aryl methyl sites for hydroxylation is 1. The first-order chi connectivity index (χ1) is 12.5. The molecule has 0 aliphatic heterocycles. The first-order valence-corrected chi connectivity index (χ1v) is 8.18. The van der Waals surface area contributed by atoms with Gasteiger partial charge < -0.3 is 19.3 Å². The van der Waals surface area contributed by atoms with E-state index in [0.29, 0.717) is 29.9 Å². The number of hydrogen-bond acceptors (Lipinski definition) is 5. The Hall–Kier alpha value is -3.02. The van der Waals surface area contributed by atoms with Crippen LogP contribution in [-0.4, -0.2) is 37.9 Å². The number of carboxylic acid groups (broad SMARTS) is 1. The van der Waals surface area contributed by atoms with E-state index in [0.717, 1.165) is 11.3 Å². The van der Waals surface area contributed by atoms with Crippen molar-refractivity contribution >= 4 is 11.9 Å². The van der Waals surface area contributed by atoms with Crippen LogP contribution in [0, 0.1) is 0 Å². The average Bonchev–Trinajstić information content (AvgIpc) is 2.68. The number of benzene rings is 2. The topological polar surface area (TPSA) is 82.1 Å². The molecule has 0 aliphatic carbocycles. The Morgan fingerprint density at radius 3 is 1.96 bits per heavy atom. The van der Waals surface area contributed by atoms with Crippen molar-refractivity contribution in [2.45, 2.75) is 20.3 Å². The predicted octanol–water partition coefficient (Wildman–Crippen LogP) is 3.83. The Morgan fingerprint density at radius 1 is 0.923 bits per heavy atom. The zero-order valence-corrected chi connectivity index (χ0v) is 15.4. The van der Waals surface area contributed by atoms with Crippen LogP contribution in [0.2, 0.25) is 0 Å². The van der Waals surface area contributed by atoms with Crippen LogP contribution in [-0.2, 0) is 11.2 Å². The highest BCUT2D eigenvalue weighted by atomic mass is 16.5. The van der Waals surface area contributed by atoms with E-state index in [1.54, 1.807) is 63.6 Å². The second-order valence-corrected chi connectivity index (χ2v) is 5.13. The summed E-state index contributed by atoms with van der Waals surface area (Å²) < 4.78 is 14.8. The third kappa shape index (κ3) is 6.12. The molecule has 0 amide bonds. The molecule has 0 atom stereocenters. The lowest BCUT2D eigenvalue weighted by molar-refractivity contribution is 0.0525. The van der Waals surface area contributed by atoms with Gasteiger partial charge in [-0.05, 0) is 61.4 Å².